The Bertz CT molecular complexity index is 433. The standard InChI is InChI=1S/C12H13BrF3NO2/c13-8-3-4-10(11(6-8)19-12(14,15)16)17-7-9-2-1-5-18-9/h3-4,6,9,17H,1-2,5,7H2. The van der Waals surface area contributed by atoms with Gasteiger partial charge in [-0.3, -0.25) is 0 Å². The average molecular weight is 340 g/mol. The summed E-state index contributed by atoms with van der Waals surface area (Å²) >= 11 is 3.12. The maximum Gasteiger partial charge on any atom is 0.573 e. The van der Waals surface area contributed by atoms with Crippen molar-refractivity contribution in [1.29, 1.82) is 0 Å². The lowest BCUT2D eigenvalue weighted by atomic mass is 10.2. The van der Waals surface area contributed by atoms with E-state index in [0.717, 1.165) is 12.8 Å². The topological polar surface area (TPSA) is 30.5 Å². The van der Waals surface area contributed by atoms with Gasteiger partial charge in [0.05, 0.1) is 11.8 Å². The summed E-state index contributed by atoms with van der Waals surface area (Å²) in [5.41, 5.74) is 0.302. The van der Waals surface area contributed by atoms with Crippen molar-refractivity contribution in [3.8, 4) is 5.75 Å². The minimum absolute atomic E-state index is 0.0439. The van der Waals surface area contributed by atoms with Crippen LogP contribution in [0.2, 0.25) is 0 Å². The lowest BCUT2D eigenvalue weighted by Gasteiger charge is -2.17. The number of rotatable bonds is 4. The summed E-state index contributed by atoms with van der Waals surface area (Å²) in [4.78, 5) is 0. The van der Waals surface area contributed by atoms with Crippen molar-refractivity contribution in [2.24, 2.45) is 0 Å². The molecule has 106 valence electrons. The Kier molecular flexibility index (Phi) is 4.57. The van der Waals surface area contributed by atoms with Gasteiger partial charge in [0, 0.05) is 17.6 Å². The first-order valence-corrected chi connectivity index (χ1v) is 6.64. The van der Waals surface area contributed by atoms with E-state index in [1.165, 1.54) is 6.07 Å². The van der Waals surface area contributed by atoms with Crippen LogP contribution in [0.3, 0.4) is 0 Å². The zero-order chi connectivity index (χ0) is 13.9. The van der Waals surface area contributed by atoms with Crippen molar-refractivity contribution in [2.75, 3.05) is 18.5 Å². The molecule has 1 aliphatic heterocycles. The van der Waals surface area contributed by atoms with E-state index >= 15 is 0 Å². The molecule has 0 radical (unpaired) electrons. The number of hydrogen-bond acceptors (Lipinski definition) is 3. The third-order valence-corrected chi connectivity index (χ3v) is 3.21. The van der Waals surface area contributed by atoms with Gasteiger partial charge in [0.25, 0.3) is 0 Å². The SMILES string of the molecule is FC(F)(F)Oc1cc(Br)ccc1NCC1CCCO1. The Labute approximate surface area is 117 Å². The van der Waals surface area contributed by atoms with E-state index in [1.54, 1.807) is 12.1 Å². The second-order valence-corrected chi connectivity index (χ2v) is 5.12. The maximum atomic E-state index is 12.3. The lowest BCUT2D eigenvalue weighted by Crippen LogP contribution is -2.21. The molecule has 1 saturated heterocycles. The van der Waals surface area contributed by atoms with Crippen LogP contribution in [-0.4, -0.2) is 25.6 Å². The predicted molar refractivity (Wildman–Crippen MR) is 68.3 cm³/mol. The van der Waals surface area contributed by atoms with Gasteiger partial charge < -0.3 is 14.8 Å². The van der Waals surface area contributed by atoms with Crippen LogP contribution in [0.4, 0.5) is 18.9 Å². The smallest absolute Gasteiger partial charge is 0.404 e. The number of benzene rings is 1. The van der Waals surface area contributed by atoms with Crippen LogP contribution < -0.4 is 10.1 Å². The highest BCUT2D eigenvalue weighted by Crippen LogP contribution is 2.33. The van der Waals surface area contributed by atoms with Gasteiger partial charge in [-0.2, -0.15) is 0 Å². The number of anilines is 1. The molecular formula is C12H13BrF3NO2. The van der Waals surface area contributed by atoms with E-state index in [9.17, 15) is 13.2 Å². The van der Waals surface area contributed by atoms with Crippen LogP contribution in [0.5, 0.6) is 5.75 Å². The quantitative estimate of drug-likeness (QED) is 0.901. The van der Waals surface area contributed by atoms with Crippen LogP contribution >= 0.6 is 15.9 Å². The first-order valence-electron chi connectivity index (χ1n) is 5.85. The molecule has 0 amide bonds. The highest BCUT2D eigenvalue weighted by Gasteiger charge is 2.32. The Morgan fingerprint density at radius 1 is 1.42 bits per heavy atom. The van der Waals surface area contributed by atoms with Gasteiger partial charge in [-0.05, 0) is 31.0 Å². The number of halogens is 4. The first-order chi connectivity index (χ1) is 8.94. The Hall–Kier alpha value is -0.950. The van der Waals surface area contributed by atoms with Crippen LogP contribution in [0.1, 0.15) is 12.8 Å². The summed E-state index contributed by atoms with van der Waals surface area (Å²) in [7, 11) is 0. The number of hydrogen-bond donors (Lipinski definition) is 1. The molecule has 1 fully saturated rings. The van der Waals surface area contributed by atoms with Crippen LogP contribution in [0.15, 0.2) is 22.7 Å². The Morgan fingerprint density at radius 3 is 2.84 bits per heavy atom. The van der Waals surface area contributed by atoms with Gasteiger partial charge in [0.2, 0.25) is 0 Å². The summed E-state index contributed by atoms with van der Waals surface area (Å²) in [6.45, 7) is 1.18. The van der Waals surface area contributed by atoms with Crippen molar-refractivity contribution >= 4 is 21.6 Å². The van der Waals surface area contributed by atoms with Crippen molar-refractivity contribution < 1.29 is 22.6 Å². The van der Waals surface area contributed by atoms with E-state index < -0.39 is 6.36 Å². The van der Waals surface area contributed by atoms with E-state index in [0.29, 0.717) is 23.3 Å². The molecule has 1 heterocycles. The lowest BCUT2D eigenvalue weighted by molar-refractivity contribution is -0.274. The molecule has 19 heavy (non-hydrogen) atoms. The van der Waals surface area contributed by atoms with Crippen molar-refractivity contribution in [1.82, 2.24) is 0 Å². The molecule has 0 aromatic heterocycles. The molecule has 1 N–H and O–H groups in total. The molecule has 2 rings (SSSR count). The van der Waals surface area contributed by atoms with Crippen LogP contribution in [-0.2, 0) is 4.74 Å². The van der Waals surface area contributed by atoms with Gasteiger partial charge in [-0.25, -0.2) is 0 Å². The molecule has 1 aliphatic rings. The highest BCUT2D eigenvalue weighted by molar-refractivity contribution is 9.10. The van der Waals surface area contributed by atoms with E-state index in [-0.39, 0.29) is 11.9 Å². The van der Waals surface area contributed by atoms with Crippen molar-refractivity contribution in [3.05, 3.63) is 22.7 Å². The highest BCUT2D eigenvalue weighted by atomic mass is 79.9. The molecule has 0 spiro atoms. The number of nitrogens with one attached hydrogen (secondary N) is 1. The van der Waals surface area contributed by atoms with E-state index in [2.05, 4.69) is 26.0 Å². The van der Waals surface area contributed by atoms with Crippen LogP contribution in [0.25, 0.3) is 0 Å². The number of ether oxygens (including phenoxy) is 2. The van der Waals surface area contributed by atoms with Gasteiger partial charge in [0.1, 0.15) is 0 Å². The number of alkyl halides is 3. The third-order valence-electron chi connectivity index (χ3n) is 2.71. The Morgan fingerprint density at radius 2 is 2.21 bits per heavy atom. The summed E-state index contributed by atoms with van der Waals surface area (Å²) in [5, 5.41) is 2.93. The van der Waals surface area contributed by atoms with Crippen molar-refractivity contribution in [3.63, 3.8) is 0 Å². The van der Waals surface area contributed by atoms with E-state index in [4.69, 9.17) is 4.74 Å². The fourth-order valence-corrected chi connectivity index (χ4v) is 2.22. The van der Waals surface area contributed by atoms with Gasteiger partial charge in [-0.15, -0.1) is 13.2 Å². The minimum Gasteiger partial charge on any atom is -0.404 e. The molecule has 1 atom stereocenters. The second-order valence-electron chi connectivity index (χ2n) is 4.20. The molecule has 0 bridgehead atoms. The molecule has 0 saturated carbocycles. The molecule has 1 aromatic carbocycles. The summed E-state index contributed by atoms with van der Waals surface area (Å²) in [5.74, 6) is -0.250. The average Bonchev–Trinajstić information content (AvgIpc) is 2.78. The Balaban J connectivity index is 2.05. The largest absolute Gasteiger partial charge is 0.573 e. The molecular weight excluding hydrogens is 327 g/mol. The first kappa shape index (κ1) is 14.5. The molecule has 0 aliphatic carbocycles. The molecule has 3 nitrogen and oxygen atoms in total. The summed E-state index contributed by atoms with van der Waals surface area (Å²) in [6.07, 6.45) is -2.76. The van der Waals surface area contributed by atoms with Crippen LogP contribution in [0, 0.1) is 0 Å². The normalized spacial score (nSPS) is 19.5. The monoisotopic (exact) mass is 339 g/mol. The van der Waals surface area contributed by atoms with Gasteiger partial charge in [-0.1, -0.05) is 15.9 Å². The fourth-order valence-electron chi connectivity index (χ4n) is 1.88. The predicted octanol–water partition coefficient (Wildman–Crippen LogP) is 3.94. The zero-order valence-corrected chi connectivity index (χ0v) is 11.6. The summed E-state index contributed by atoms with van der Waals surface area (Å²) in [6, 6.07) is 4.48. The van der Waals surface area contributed by atoms with E-state index in [1.807, 2.05) is 0 Å². The van der Waals surface area contributed by atoms with Gasteiger partial charge in [0.15, 0.2) is 5.75 Å². The van der Waals surface area contributed by atoms with Gasteiger partial charge >= 0.3 is 6.36 Å². The molecule has 7 heteroatoms. The zero-order valence-electron chi connectivity index (χ0n) is 9.97. The van der Waals surface area contributed by atoms with Crippen molar-refractivity contribution in [2.45, 2.75) is 25.3 Å². The molecule has 1 aromatic rings. The summed E-state index contributed by atoms with van der Waals surface area (Å²) < 4.78 is 46.8. The second kappa shape index (κ2) is 6.00. The third kappa shape index (κ3) is 4.58. The fraction of sp³-hybridized carbons (Fsp3) is 0.500. The minimum atomic E-state index is -4.71. The maximum absolute atomic E-state index is 12.3. The molecule has 1 unspecified atom stereocenters.